The van der Waals surface area contributed by atoms with Crippen molar-refractivity contribution in [2.75, 3.05) is 12.0 Å². The Morgan fingerprint density at radius 3 is 2.33 bits per heavy atom. The quantitative estimate of drug-likeness (QED) is 0.266. The van der Waals surface area contributed by atoms with Gasteiger partial charge in [0.05, 0.1) is 24.4 Å². The predicted molar refractivity (Wildman–Crippen MR) is 121 cm³/mol. The van der Waals surface area contributed by atoms with Crippen molar-refractivity contribution >= 4 is 39.9 Å². The third-order valence-electron chi connectivity index (χ3n) is 5.32. The smallest absolute Gasteiger partial charge is 0.350 e. The molecule has 3 aromatic rings. The van der Waals surface area contributed by atoms with Gasteiger partial charge in [-0.2, -0.15) is 0 Å². The Bertz CT molecular complexity index is 1300. The second-order valence-corrected chi connectivity index (χ2v) is 8.47. The molecule has 1 atom stereocenters. The fraction of sp³-hybridized carbons (Fsp3) is 0.167. The van der Waals surface area contributed by atoms with E-state index >= 15 is 0 Å². The van der Waals surface area contributed by atoms with Gasteiger partial charge in [0.2, 0.25) is 0 Å². The number of hydrogen-bond acceptors (Lipinski definition) is 7. The van der Waals surface area contributed by atoms with E-state index in [1.807, 2.05) is 6.92 Å². The number of aromatic nitrogens is 1. The molecule has 1 saturated heterocycles. The second-order valence-electron chi connectivity index (χ2n) is 7.49. The van der Waals surface area contributed by atoms with Crippen LogP contribution in [0.3, 0.4) is 0 Å². The number of rotatable bonds is 4. The number of halogens is 1. The summed E-state index contributed by atoms with van der Waals surface area (Å²) in [4.78, 5) is 43.9. The Morgan fingerprint density at radius 2 is 1.73 bits per heavy atom. The van der Waals surface area contributed by atoms with Gasteiger partial charge in [0, 0.05) is 5.56 Å². The molecular formula is C24H19FN2O5S. The van der Waals surface area contributed by atoms with E-state index in [0.717, 1.165) is 21.8 Å². The molecule has 1 aromatic heterocycles. The van der Waals surface area contributed by atoms with Gasteiger partial charge in [0.25, 0.3) is 5.78 Å². The zero-order valence-corrected chi connectivity index (χ0v) is 18.8. The van der Waals surface area contributed by atoms with Crippen molar-refractivity contribution in [3.05, 3.63) is 87.2 Å². The van der Waals surface area contributed by atoms with Crippen LogP contribution in [0, 0.1) is 19.7 Å². The van der Waals surface area contributed by atoms with Crippen molar-refractivity contribution in [2.45, 2.75) is 19.9 Å². The van der Waals surface area contributed by atoms with Crippen molar-refractivity contribution < 1.29 is 28.6 Å². The standard InChI is InChI=1S/C24H19FN2O5S/c1-12-4-6-15(7-5-12)19(28)17-18(14-8-10-16(25)11-9-14)27(22(30)20(17)29)24-26-13(2)21(33-24)23(31)32-3/h4-11,18,28H,1-3H3/b19-17+/t18-/m1/s1. The van der Waals surface area contributed by atoms with E-state index in [1.54, 1.807) is 31.2 Å². The van der Waals surface area contributed by atoms with Gasteiger partial charge in [-0.1, -0.05) is 53.3 Å². The van der Waals surface area contributed by atoms with Crippen molar-refractivity contribution in [3.8, 4) is 0 Å². The Kier molecular flexibility index (Phi) is 5.82. The molecule has 0 radical (unpaired) electrons. The molecule has 0 bridgehead atoms. The van der Waals surface area contributed by atoms with E-state index in [4.69, 9.17) is 4.74 Å². The minimum absolute atomic E-state index is 0.0901. The first-order valence-electron chi connectivity index (χ1n) is 9.92. The number of aliphatic hydroxyl groups excluding tert-OH is 1. The van der Waals surface area contributed by atoms with Crippen LogP contribution in [0.5, 0.6) is 0 Å². The van der Waals surface area contributed by atoms with Crippen LogP contribution in [0.4, 0.5) is 9.52 Å². The maximum absolute atomic E-state index is 13.6. The number of methoxy groups -OCH3 is 1. The van der Waals surface area contributed by atoms with Crippen LogP contribution in [0.1, 0.15) is 38.1 Å². The fourth-order valence-electron chi connectivity index (χ4n) is 3.62. The number of nitrogens with zero attached hydrogens (tertiary/aromatic N) is 2. The molecule has 0 spiro atoms. The first-order chi connectivity index (χ1) is 15.7. The van der Waals surface area contributed by atoms with Crippen molar-refractivity contribution in [2.24, 2.45) is 0 Å². The van der Waals surface area contributed by atoms with Crippen LogP contribution in [0.2, 0.25) is 0 Å². The summed E-state index contributed by atoms with van der Waals surface area (Å²) in [6.45, 7) is 3.47. The Morgan fingerprint density at radius 1 is 1.09 bits per heavy atom. The lowest BCUT2D eigenvalue weighted by atomic mass is 9.95. The summed E-state index contributed by atoms with van der Waals surface area (Å²) < 4.78 is 18.4. The normalized spacial score (nSPS) is 17.5. The topological polar surface area (TPSA) is 96.8 Å². The number of carbonyl (C=O) groups is 3. The zero-order valence-electron chi connectivity index (χ0n) is 18.0. The van der Waals surface area contributed by atoms with Gasteiger partial charge in [0.15, 0.2) is 5.13 Å². The molecule has 2 aromatic carbocycles. The third-order valence-corrected chi connectivity index (χ3v) is 6.45. The number of benzene rings is 2. The van der Waals surface area contributed by atoms with E-state index < -0.39 is 29.5 Å². The predicted octanol–water partition coefficient (Wildman–Crippen LogP) is 4.31. The number of aliphatic hydroxyl groups is 1. The number of thiazole rings is 1. The lowest BCUT2D eigenvalue weighted by Gasteiger charge is -2.23. The summed E-state index contributed by atoms with van der Waals surface area (Å²) in [5.41, 5.74) is 1.90. The zero-order chi connectivity index (χ0) is 23.9. The second kappa shape index (κ2) is 8.59. The highest BCUT2D eigenvalue weighted by molar-refractivity contribution is 7.17. The molecule has 1 aliphatic heterocycles. The molecule has 0 aliphatic carbocycles. The van der Waals surface area contributed by atoms with Crippen LogP contribution in [0.15, 0.2) is 54.1 Å². The molecule has 0 saturated carbocycles. The van der Waals surface area contributed by atoms with Crippen LogP contribution >= 0.6 is 11.3 Å². The Hall–Kier alpha value is -3.85. The van der Waals surface area contributed by atoms with Gasteiger partial charge in [-0.3, -0.25) is 14.5 Å². The van der Waals surface area contributed by atoms with Gasteiger partial charge >= 0.3 is 11.9 Å². The van der Waals surface area contributed by atoms with E-state index in [2.05, 4.69) is 4.98 Å². The number of carbonyl (C=O) groups excluding carboxylic acids is 3. The molecule has 0 unspecified atom stereocenters. The average molecular weight is 466 g/mol. The molecule has 1 fully saturated rings. The Labute approximate surface area is 192 Å². The molecule has 33 heavy (non-hydrogen) atoms. The van der Waals surface area contributed by atoms with Crippen LogP contribution in [-0.2, 0) is 14.3 Å². The van der Waals surface area contributed by atoms with E-state index in [9.17, 15) is 23.9 Å². The highest BCUT2D eigenvalue weighted by Gasteiger charge is 2.48. The summed E-state index contributed by atoms with van der Waals surface area (Å²) in [5.74, 6) is -3.29. The number of ketones is 1. The first kappa shape index (κ1) is 22.3. The van der Waals surface area contributed by atoms with Crippen molar-refractivity contribution in [3.63, 3.8) is 0 Å². The van der Waals surface area contributed by atoms with E-state index in [1.165, 1.54) is 31.4 Å². The number of hydrogen-bond donors (Lipinski definition) is 1. The number of anilines is 1. The molecule has 1 aliphatic rings. The highest BCUT2D eigenvalue weighted by Crippen LogP contribution is 2.43. The van der Waals surface area contributed by atoms with Crippen molar-refractivity contribution in [1.82, 2.24) is 4.98 Å². The molecule has 7 nitrogen and oxygen atoms in total. The first-order valence-corrected chi connectivity index (χ1v) is 10.7. The van der Waals surface area contributed by atoms with Crippen LogP contribution < -0.4 is 4.90 Å². The SMILES string of the molecule is COC(=O)c1sc(N2C(=O)C(=O)/C(=C(/O)c3ccc(C)cc3)[C@H]2c2ccc(F)cc2)nc1C. The monoisotopic (exact) mass is 466 g/mol. The maximum atomic E-state index is 13.6. The van der Waals surface area contributed by atoms with Crippen LogP contribution in [-0.4, -0.2) is 34.9 Å². The number of ether oxygens (including phenoxy) is 1. The van der Waals surface area contributed by atoms with Crippen molar-refractivity contribution in [1.29, 1.82) is 0 Å². The van der Waals surface area contributed by atoms with Gasteiger partial charge in [-0.15, -0.1) is 0 Å². The van der Waals surface area contributed by atoms with Gasteiger partial charge < -0.3 is 9.84 Å². The number of esters is 1. The van der Waals surface area contributed by atoms with Crippen LogP contribution in [0.25, 0.3) is 5.76 Å². The van der Waals surface area contributed by atoms with E-state index in [0.29, 0.717) is 16.8 Å². The highest BCUT2D eigenvalue weighted by atomic mass is 32.1. The molecular weight excluding hydrogens is 447 g/mol. The van der Waals surface area contributed by atoms with Gasteiger partial charge in [-0.05, 0) is 31.5 Å². The number of amides is 1. The summed E-state index contributed by atoms with van der Waals surface area (Å²) >= 11 is 0.897. The molecule has 1 N–H and O–H groups in total. The Balaban J connectivity index is 1.93. The number of aryl methyl sites for hydroxylation is 2. The summed E-state index contributed by atoms with van der Waals surface area (Å²) in [6.07, 6.45) is 0. The molecule has 168 valence electrons. The summed E-state index contributed by atoms with van der Waals surface area (Å²) in [5, 5.41) is 11.1. The number of Topliss-reactive ketones (excluding diaryl/α,β-unsaturated/α-hetero) is 1. The summed E-state index contributed by atoms with van der Waals surface area (Å²) in [7, 11) is 1.23. The largest absolute Gasteiger partial charge is 0.507 e. The van der Waals surface area contributed by atoms with Gasteiger partial charge in [0.1, 0.15) is 16.5 Å². The minimum atomic E-state index is -1.07. The molecule has 2 heterocycles. The fourth-order valence-corrected chi connectivity index (χ4v) is 4.64. The molecule has 9 heteroatoms. The minimum Gasteiger partial charge on any atom is -0.507 e. The lowest BCUT2D eigenvalue weighted by Crippen LogP contribution is -2.29. The van der Waals surface area contributed by atoms with Gasteiger partial charge in [-0.25, -0.2) is 14.2 Å². The average Bonchev–Trinajstić information content (AvgIpc) is 3.31. The lowest BCUT2D eigenvalue weighted by molar-refractivity contribution is -0.132. The molecule has 1 amide bonds. The van der Waals surface area contributed by atoms with E-state index in [-0.39, 0.29) is 21.3 Å². The summed E-state index contributed by atoms with van der Waals surface area (Å²) in [6, 6.07) is 11.0. The maximum Gasteiger partial charge on any atom is 0.350 e. The molecule has 4 rings (SSSR count). The third kappa shape index (κ3) is 3.91.